The summed E-state index contributed by atoms with van der Waals surface area (Å²) >= 11 is 0. The minimum absolute atomic E-state index is 0.0426. The molecule has 3 rings (SSSR count). The highest BCUT2D eigenvalue weighted by Gasteiger charge is 2.32. The quantitative estimate of drug-likeness (QED) is 0.634. The fourth-order valence-corrected chi connectivity index (χ4v) is 4.61. The number of carbonyl (C=O) groups excluding carboxylic acids is 1. The van der Waals surface area contributed by atoms with Gasteiger partial charge in [0.1, 0.15) is 0 Å². The first-order valence-electron chi connectivity index (χ1n) is 11.0. The Morgan fingerprint density at radius 3 is 1.93 bits per heavy atom. The van der Waals surface area contributed by atoms with Gasteiger partial charge in [-0.2, -0.15) is 10.1 Å². The van der Waals surface area contributed by atoms with Crippen LogP contribution in [0.4, 0.5) is 0 Å². The van der Waals surface area contributed by atoms with Gasteiger partial charge in [0.25, 0.3) is 5.91 Å². The Bertz CT molecular complexity index is 687. The summed E-state index contributed by atoms with van der Waals surface area (Å²) in [6.07, 6.45) is 3.83. The van der Waals surface area contributed by atoms with E-state index in [-0.39, 0.29) is 18.1 Å². The second kappa shape index (κ2) is 10.7. The van der Waals surface area contributed by atoms with Gasteiger partial charge < -0.3 is 9.68 Å². The summed E-state index contributed by atoms with van der Waals surface area (Å²) < 4.78 is 0. The van der Waals surface area contributed by atoms with Crippen LogP contribution in [0.1, 0.15) is 47.9 Å². The van der Waals surface area contributed by atoms with Crippen molar-refractivity contribution in [1.82, 2.24) is 15.2 Å². The van der Waals surface area contributed by atoms with Gasteiger partial charge in [0, 0.05) is 26.2 Å². The molecular weight excluding hydrogens is 382 g/mol. The lowest BCUT2D eigenvalue weighted by molar-refractivity contribution is -0.250. The third-order valence-electron chi connectivity index (χ3n) is 6.35. The predicted molar refractivity (Wildman–Crippen MR) is 115 cm³/mol. The van der Waals surface area contributed by atoms with Crippen molar-refractivity contribution in [2.45, 2.75) is 65.0 Å². The number of hydrogen-bond acceptors (Lipinski definition) is 6. The van der Waals surface area contributed by atoms with Crippen molar-refractivity contribution in [3.05, 3.63) is 34.4 Å². The maximum atomic E-state index is 13.5. The van der Waals surface area contributed by atoms with Crippen molar-refractivity contribution in [3.63, 3.8) is 0 Å². The normalized spacial score (nSPS) is 19.9. The lowest BCUT2D eigenvalue weighted by atomic mass is 9.96. The van der Waals surface area contributed by atoms with Gasteiger partial charge in [0.05, 0.1) is 32.8 Å². The van der Waals surface area contributed by atoms with Gasteiger partial charge >= 0.3 is 0 Å². The molecule has 0 aromatic heterocycles. The lowest BCUT2D eigenvalue weighted by Gasteiger charge is -2.40. The maximum absolute atomic E-state index is 13.5. The molecule has 0 bridgehead atoms. The zero-order chi connectivity index (χ0) is 21.7. The van der Waals surface area contributed by atoms with Crippen LogP contribution >= 0.6 is 0 Å². The number of piperidine rings is 2. The molecule has 1 aromatic carbocycles. The molecule has 7 nitrogen and oxygen atoms in total. The van der Waals surface area contributed by atoms with Crippen LogP contribution in [-0.4, -0.2) is 73.6 Å². The Morgan fingerprint density at radius 2 is 1.43 bits per heavy atom. The van der Waals surface area contributed by atoms with Gasteiger partial charge in [0.15, 0.2) is 0 Å². The van der Waals surface area contributed by atoms with Gasteiger partial charge in [-0.1, -0.05) is 17.7 Å². The average molecular weight is 420 g/mol. The first-order valence-corrected chi connectivity index (χ1v) is 11.0. The number of amides is 1. The smallest absolute Gasteiger partial charge is 0.250 e. The highest BCUT2D eigenvalue weighted by atomic mass is 16.7. The Hall–Kier alpha value is -1.51. The fourth-order valence-electron chi connectivity index (χ4n) is 4.61. The van der Waals surface area contributed by atoms with Crippen molar-refractivity contribution in [1.29, 1.82) is 0 Å². The lowest BCUT2D eigenvalue weighted by Crippen LogP contribution is -2.50. The summed E-state index contributed by atoms with van der Waals surface area (Å²) in [7, 11) is 3.40. The highest BCUT2D eigenvalue weighted by Crippen LogP contribution is 2.24. The third kappa shape index (κ3) is 5.80. The molecule has 2 fully saturated rings. The van der Waals surface area contributed by atoms with E-state index >= 15 is 0 Å². The zero-order valence-electron chi connectivity index (χ0n) is 19.1. The maximum Gasteiger partial charge on any atom is 0.250 e. The van der Waals surface area contributed by atoms with Crippen LogP contribution in [0.25, 0.3) is 0 Å². The molecular formula is C23H37N3O4. The van der Waals surface area contributed by atoms with E-state index in [4.69, 9.17) is 14.5 Å². The SMILES string of the molecule is CON1CCC(ON(C(=O)Cc2c(C)cc(C)cc2C)C2CCN(OC)CC2)CC1. The summed E-state index contributed by atoms with van der Waals surface area (Å²) in [5.74, 6) is 0.0510. The topological polar surface area (TPSA) is 54.5 Å². The summed E-state index contributed by atoms with van der Waals surface area (Å²) in [5, 5.41) is 5.60. The van der Waals surface area contributed by atoms with E-state index in [2.05, 4.69) is 32.9 Å². The van der Waals surface area contributed by atoms with Crippen molar-refractivity contribution >= 4 is 5.91 Å². The van der Waals surface area contributed by atoms with Gasteiger partial charge in [-0.05, 0) is 63.1 Å². The van der Waals surface area contributed by atoms with Crippen LogP contribution in [0.5, 0.6) is 0 Å². The Morgan fingerprint density at radius 1 is 0.933 bits per heavy atom. The van der Waals surface area contributed by atoms with Gasteiger partial charge in [0.2, 0.25) is 0 Å². The minimum Gasteiger partial charge on any atom is -0.302 e. The number of benzene rings is 1. The third-order valence-corrected chi connectivity index (χ3v) is 6.35. The highest BCUT2D eigenvalue weighted by molar-refractivity contribution is 5.79. The molecule has 0 saturated carbocycles. The summed E-state index contributed by atoms with van der Waals surface area (Å²) in [5.41, 5.74) is 4.68. The van der Waals surface area contributed by atoms with Crippen molar-refractivity contribution < 1.29 is 19.3 Å². The molecule has 0 radical (unpaired) electrons. The number of hydroxylamine groups is 6. The monoisotopic (exact) mass is 419 g/mol. The predicted octanol–water partition coefficient (Wildman–Crippen LogP) is 2.97. The van der Waals surface area contributed by atoms with Gasteiger partial charge in [-0.3, -0.25) is 9.63 Å². The van der Waals surface area contributed by atoms with E-state index in [0.717, 1.165) is 57.4 Å². The molecule has 30 heavy (non-hydrogen) atoms. The molecule has 2 aliphatic heterocycles. The first-order chi connectivity index (χ1) is 14.4. The zero-order valence-corrected chi connectivity index (χ0v) is 19.1. The van der Waals surface area contributed by atoms with Crippen LogP contribution in [0.15, 0.2) is 12.1 Å². The molecule has 2 heterocycles. The second-order valence-electron chi connectivity index (χ2n) is 8.53. The molecule has 168 valence electrons. The molecule has 7 heteroatoms. The molecule has 0 N–H and O–H groups in total. The molecule has 0 aliphatic carbocycles. The Labute approximate surface area is 180 Å². The number of carbonyl (C=O) groups is 1. The van der Waals surface area contributed by atoms with E-state index in [1.807, 2.05) is 10.1 Å². The number of nitrogens with zero attached hydrogens (tertiary/aromatic N) is 3. The van der Waals surface area contributed by atoms with Crippen LogP contribution < -0.4 is 0 Å². The van der Waals surface area contributed by atoms with Crippen molar-refractivity contribution in [2.24, 2.45) is 0 Å². The molecule has 0 atom stereocenters. The number of hydrogen-bond donors (Lipinski definition) is 0. The molecule has 0 unspecified atom stereocenters. The Kier molecular flexibility index (Phi) is 8.25. The standard InChI is InChI=1S/C23H37N3O4/c1-17-14-18(2)22(19(3)15-17)16-23(27)26(20-6-10-24(28-4)11-7-20)30-21-8-12-25(29-5)13-9-21/h14-15,20-21H,6-13,16H2,1-5H3. The fraction of sp³-hybridized carbons (Fsp3) is 0.696. The van der Waals surface area contributed by atoms with E-state index in [9.17, 15) is 4.79 Å². The number of rotatable bonds is 7. The molecule has 2 aliphatic rings. The summed E-state index contributed by atoms with van der Waals surface area (Å²) in [6.45, 7) is 9.52. The molecule has 1 amide bonds. The van der Waals surface area contributed by atoms with Gasteiger partial charge in [-0.15, -0.1) is 0 Å². The number of aryl methyl sites for hydroxylation is 3. The summed E-state index contributed by atoms with van der Waals surface area (Å²) in [6, 6.07) is 4.38. The largest absolute Gasteiger partial charge is 0.302 e. The second-order valence-corrected chi connectivity index (χ2v) is 8.53. The average Bonchev–Trinajstić information content (AvgIpc) is 2.75. The summed E-state index contributed by atoms with van der Waals surface area (Å²) in [4.78, 5) is 30.5. The van der Waals surface area contributed by atoms with Crippen LogP contribution in [0, 0.1) is 20.8 Å². The van der Waals surface area contributed by atoms with Crippen molar-refractivity contribution in [2.75, 3.05) is 40.4 Å². The molecule has 0 spiro atoms. The van der Waals surface area contributed by atoms with Crippen LogP contribution in [0.3, 0.4) is 0 Å². The minimum atomic E-state index is 0.0426. The first kappa shape index (κ1) is 23.2. The van der Waals surface area contributed by atoms with E-state index < -0.39 is 0 Å². The van der Waals surface area contributed by atoms with E-state index in [1.54, 1.807) is 19.3 Å². The Balaban J connectivity index is 1.72. The van der Waals surface area contributed by atoms with Gasteiger partial charge in [-0.25, -0.2) is 5.06 Å². The van der Waals surface area contributed by atoms with E-state index in [0.29, 0.717) is 6.42 Å². The van der Waals surface area contributed by atoms with E-state index in [1.165, 1.54) is 16.7 Å². The van der Waals surface area contributed by atoms with Crippen molar-refractivity contribution in [3.8, 4) is 0 Å². The molecule has 1 aromatic rings. The molecule has 2 saturated heterocycles. The van der Waals surface area contributed by atoms with Crippen LogP contribution in [0.2, 0.25) is 0 Å². The van der Waals surface area contributed by atoms with Crippen LogP contribution in [-0.2, 0) is 25.7 Å².